The number of benzene rings is 1. The van der Waals surface area contributed by atoms with E-state index in [9.17, 15) is 17.6 Å². The summed E-state index contributed by atoms with van der Waals surface area (Å²) in [6.45, 7) is 1.77. The molecule has 0 saturated carbocycles. The van der Waals surface area contributed by atoms with Crippen LogP contribution in [0, 0.1) is 11.7 Å². The first-order chi connectivity index (χ1) is 12.2. The number of aromatic nitrogens is 3. The van der Waals surface area contributed by atoms with E-state index in [4.69, 9.17) is 0 Å². The highest BCUT2D eigenvalue weighted by atomic mass is 32.2. The van der Waals surface area contributed by atoms with E-state index in [0.29, 0.717) is 23.6 Å². The topological polar surface area (TPSA) is 81.9 Å². The number of nitrogens with zero attached hydrogens (tertiary/aromatic N) is 3. The van der Waals surface area contributed by atoms with E-state index in [1.54, 1.807) is 6.92 Å². The van der Waals surface area contributed by atoms with Crippen LogP contribution in [0.4, 0.5) is 4.39 Å². The number of rotatable bonds is 6. The summed E-state index contributed by atoms with van der Waals surface area (Å²) in [4.78, 5) is 12.5. The lowest BCUT2D eigenvalue weighted by Gasteiger charge is -2.11. The van der Waals surface area contributed by atoms with Crippen molar-refractivity contribution in [1.29, 1.82) is 0 Å². The Hall–Kier alpha value is -1.74. The molecule has 2 heterocycles. The predicted octanol–water partition coefficient (Wildman–Crippen LogP) is 2.29. The molecule has 1 aromatic carbocycles. The van der Waals surface area contributed by atoms with Gasteiger partial charge >= 0.3 is 0 Å². The first-order valence-corrected chi connectivity index (χ1v) is 11.0. The normalized spacial score (nSPS) is 20.2. The van der Waals surface area contributed by atoms with Crippen LogP contribution in [0.15, 0.2) is 29.4 Å². The molecule has 0 bridgehead atoms. The lowest BCUT2D eigenvalue weighted by Crippen LogP contribution is -2.15. The van der Waals surface area contributed by atoms with Crippen LogP contribution in [0.2, 0.25) is 0 Å². The van der Waals surface area contributed by atoms with Crippen molar-refractivity contribution in [2.75, 3.05) is 11.5 Å². The Balaban J connectivity index is 1.66. The highest BCUT2D eigenvalue weighted by Crippen LogP contribution is 2.27. The third kappa shape index (κ3) is 4.32. The summed E-state index contributed by atoms with van der Waals surface area (Å²) in [5.74, 6) is 0.729. The summed E-state index contributed by atoms with van der Waals surface area (Å²) in [7, 11) is -1.10. The molecule has 1 aliphatic heterocycles. The number of carbonyl (C=O) groups excluding carboxylic acids is 1. The smallest absolute Gasteiger partial charge is 0.191 e. The summed E-state index contributed by atoms with van der Waals surface area (Å²) in [5.41, 5.74) is 0.449. The number of Topliss-reactive ketones (excluding diaryl/α,β-unsaturated/α-hetero) is 1. The third-order valence-electron chi connectivity index (χ3n) is 4.50. The van der Waals surface area contributed by atoms with Crippen LogP contribution in [0.5, 0.6) is 0 Å². The van der Waals surface area contributed by atoms with Gasteiger partial charge in [-0.25, -0.2) is 12.8 Å². The molecule has 2 aromatic rings. The van der Waals surface area contributed by atoms with Crippen LogP contribution in [0.3, 0.4) is 0 Å². The summed E-state index contributed by atoms with van der Waals surface area (Å²) in [6.07, 6.45) is 1.21. The minimum absolute atomic E-state index is 0.0685. The van der Waals surface area contributed by atoms with Gasteiger partial charge < -0.3 is 4.57 Å². The average molecular weight is 397 g/mol. The maximum atomic E-state index is 13.0. The Labute approximate surface area is 156 Å². The van der Waals surface area contributed by atoms with Crippen molar-refractivity contribution in [3.05, 3.63) is 41.5 Å². The molecule has 0 spiro atoms. The molecule has 3 rings (SSSR count). The molecule has 1 aliphatic rings. The molecule has 0 N–H and O–H groups in total. The molecule has 0 aliphatic carbocycles. The summed E-state index contributed by atoms with van der Waals surface area (Å²) >= 11 is 1.28. The van der Waals surface area contributed by atoms with Gasteiger partial charge in [-0.05, 0) is 43.5 Å². The Bertz CT molecular complexity index is 910. The molecule has 1 saturated heterocycles. The fourth-order valence-electron chi connectivity index (χ4n) is 2.98. The monoisotopic (exact) mass is 397 g/mol. The number of ketones is 1. The fraction of sp³-hybridized carbons (Fsp3) is 0.471. The van der Waals surface area contributed by atoms with E-state index in [0.717, 1.165) is 5.82 Å². The van der Waals surface area contributed by atoms with E-state index in [1.165, 1.54) is 36.0 Å². The molecule has 9 heteroatoms. The van der Waals surface area contributed by atoms with Gasteiger partial charge in [0.25, 0.3) is 0 Å². The van der Waals surface area contributed by atoms with E-state index >= 15 is 0 Å². The second-order valence-electron chi connectivity index (χ2n) is 6.56. The first kappa shape index (κ1) is 19.0. The van der Waals surface area contributed by atoms with Gasteiger partial charge in [0.2, 0.25) is 0 Å². The van der Waals surface area contributed by atoms with E-state index in [2.05, 4.69) is 10.2 Å². The predicted molar refractivity (Wildman–Crippen MR) is 97.5 cm³/mol. The lowest BCUT2D eigenvalue weighted by atomic mass is 10.1. The van der Waals surface area contributed by atoms with Gasteiger partial charge in [0, 0.05) is 19.0 Å². The number of halogens is 1. The van der Waals surface area contributed by atoms with Gasteiger partial charge in [-0.15, -0.1) is 10.2 Å². The van der Waals surface area contributed by atoms with Gasteiger partial charge in [0.1, 0.15) is 11.6 Å². The number of hydrogen-bond donors (Lipinski definition) is 0. The van der Waals surface area contributed by atoms with Crippen molar-refractivity contribution in [2.24, 2.45) is 13.0 Å². The van der Waals surface area contributed by atoms with Gasteiger partial charge in [-0.2, -0.15) is 0 Å². The average Bonchev–Trinajstić information content (AvgIpc) is 3.11. The Kier molecular flexibility index (Phi) is 5.47. The van der Waals surface area contributed by atoms with Crippen molar-refractivity contribution in [3.63, 3.8) is 0 Å². The van der Waals surface area contributed by atoms with Crippen molar-refractivity contribution in [2.45, 2.75) is 30.2 Å². The standard InChI is InChI=1S/C17H20FN3O3S2/c1-11(16(22)13-3-5-14(18)6-4-13)25-17-20-19-15(21(17)2)9-12-7-8-26(23,24)10-12/h3-6,11-12H,7-10H2,1-2H3/t11-,12+/m0/s1. The number of thioether (sulfide) groups is 1. The van der Waals surface area contributed by atoms with Crippen LogP contribution in [-0.2, 0) is 23.3 Å². The minimum atomic E-state index is -2.92. The summed E-state index contributed by atoms with van der Waals surface area (Å²) in [6, 6.07) is 5.47. The van der Waals surface area contributed by atoms with Crippen molar-refractivity contribution in [3.8, 4) is 0 Å². The molecule has 6 nitrogen and oxygen atoms in total. The first-order valence-electron chi connectivity index (χ1n) is 8.30. The molecule has 26 heavy (non-hydrogen) atoms. The third-order valence-corrected chi connectivity index (χ3v) is 7.47. The zero-order valence-electron chi connectivity index (χ0n) is 14.6. The van der Waals surface area contributed by atoms with Crippen LogP contribution >= 0.6 is 11.8 Å². The molecule has 2 atom stereocenters. The number of sulfone groups is 1. The van der Waals surface area contributed by atoms with E-state index < -0.39 is 15.1 Å². The maximum absolute atomic E-state index is 13.0. The molecular formula is C17H20FN3O3S2. The van der Waals surface area contributed by atoms with Crippen molar-refractivity contribution in [1.82, 2.24) is 14.8 Å². The molecule has 0 amide bonds. The van der Waals surface area contributed by atoms with Crippen LogP contribution in [0.25, 0.3) is 0 Å². The SMILES string of the molecule is C[C@H](Sc1nnc(C[C@H]2CCS(=O)(=O)C2)n1C)C(=O)c1ccc(F)cc1. The van der Waals surface area contributed by atoms with Crippen molar-refractivity contribution >= 4 is 27.4 Å². The molecular weight excluding hydrogens is 377 g/mol. The minimum Gasteiger partial charge on any atom is -0.309 e. The Morgan fingerprint density at radius 3 is 2.65 bits per heavy atom. The van der Waals surface area contributed by atoms with Gasteiger partial charge in [0.15, 0.2) is 20.8 Å². The quantitative estimate of drug-likeness (QED) is 0.549. The highest BCUT2D eigenvalue weighted by molar-refractivity contribution is 8.00. The Morgan fingerprint density at radius 2 is 2.04 bits per heavy atom. The van der Waals surface area contributed by atoms with E-state index in [1.807, 2.05) is 11.6 Å². The molecule has 0 radical (unpaired) electrons. The van der Waals surface area contributed by atoms with Gasteiger partial charge in [0.05, 0.1) is 16.8 Å². The second-order valence-corrected chi connectivity index (χ2v) is 10.1. The fourth-order valence-corrected chi connectivity index (χ4v) is 5.75. The molecule has 1 fully saturated rings. The molecule has 0 unspecified atom stereocenters. The Morgan fingerprint density at radius 1 is 1.35 bits per heavy atom. The van der Waals surface area contributed by atoms with Crippen LogP contribution in [-0.4, -0.2) is 45.7 Å². The van der Waals surface area contributed by atoms with Crippen molar-refractivity contribution < 1.29 is 17.6 Å². The summed E-state index contributed by atoms with van der Waals surface area (Å²) in [5, 5.41) is 8.50. The zero-order chi connectivity index (χ0) is 18.9. The maximum Gasteiger partial charge on any atom is 0.191 e. The van der Waals surface area contributed by atoms with Gasteiger partial charge in [-0.1, -0.05) is 11.8 Å². The highest BCUT2D eigenvalue weighted by Gasteiger charge is 2.29. The summed E-state index contributed by atoms with van der Waals surface area (Å²) < 4.78 is 38.0. The lowest BCUT2D eigenvalue weighted by molar-refractivity contribution is 0.0994. The second kappa shape index (κ2) is 7.48. The number of hydrogen-bond acceptors (Lipinski definition) is 6. The van der Waals surface area contributed by atoms with Gasteiger partial charge in [-0.3, -0.25) is 4.79 Å². The van der Waals surface area contributed by atoms with Crippen LogP contribution in [0.1, 0.15) is 29.5 Å². The largest absolute Gasteiger partial charge is 0.309 e. The van der Waals surface area contributed by atoms with E-state index in [-0.39, 0.29) is 29.0 Å². The molecule has 140 valence electrons. The zero-order valence-corrected chi connectivity index (χ0v) is 16.2. The van der Waals surface area contributed by atoms with Crippen LogP contribution < -0.4 is 0 Å². The number of carbonyl (C=O) groups is 1. The molecule has 1 aromatic heterocycles.